The van der Waals surface area contributed by atoms with E-state index in [2.05, 4.69) is 15.9 Å². The Balaban J connectivity index is 2.00. The number of fused-ring (bicyclic) bond motifs is 2. The molecular weight excluding hydrogens is 417 g/mol. The van der Waals surface area contributed by atoms with E-state index in [1.54, 1.807) is 36.4 Å². The first-order chi connectivity index (χ1) is 13.0. The van der Waals surface area contributed by atoms with Crippen molar-refractivity contribution in [3.8, 4) is 0 Å². The van der Waals surface area contributed by atoms with Crippen molar-refractivity contribution in [2.45, 2.75) is 6.04 Å². The van der Waals surface area contributed by atoms with Crippen LogP contribution in [0.1, 0.15) is 27.7 Å². The summed E-state index contributed by atoms with van der Waals surface area (Å²) in [6, 6.07) is 10.3. The van der Waals surface area contributed by atoms with Crippen LogP contribution in [0.3, 0.4) is 0 Å². The highest BCUT2D eigenvalue weighted by atomic mass is 79.9. The largest absolute Gasteiger partial charge is 0.450 e. The van der Waals surface area contributed by atoms with Gasteiger partial charge in [0.2, 0.25) is 5.76 Å². The number of benzene rings is 2. The zero-order chi connectivity index (χ0) is 19.1. The lowest BCUT2D eigenvalue weighted by Crippen LogP contribution is -2.33. The highest BCUT2D eigenvalue weighted by Gasteiger charge is 2.43. The Bertz CT molecular complexity index is 1110. The minimum absolute atomic E-state index is 0.0424. The van der Waals surface area contributed by atoms with Crippen LogP contribution in [0.5, 0.6) is 0 Å². The monoisotopic (exact) mass is 431 g/mol. The van der Waals surface area contributed by atoms with Crippen LogP contribution in [0.25, 0.3) is 11.0 Å². The molecule has 0 saturated carbocycles. The van der Waals surface area contributed by atoms with E-state index in [0.29, 0.717) is 15.4 Å². The molecule has 2 aromatic carbocycles. The number of methoxy groups -OCH3 is 1. The summed E-state index contributed by atoms with van der Waals surface area (Å²) in [5, 5.41) is 0.339. The third-order valence-electron chi connectivity index (χ3n) is 4.66. The van der Waals surface area contributed by atoms with Gasteiger partial charge >= 0.3 is 0 Å². The molecule has 27 heavy (non-hydrogen) atoms. The highest BCUT2D eigenvalue weighted by Crippen LogP contribution is 2.39. The van der Waals surface area contributed by atoms with Gasteiger partial charge in [-0.1, -0.05) is 34.1 Å². The average Bonchev–Trinajstić information content (AvgIpc) is 2.93. The topological polar surface area (TPSA) is 59.8 Å². The van der Waals surface area contributed by atoms with E-state index in [4.69, 9.17) is 9.15 Å². The van der Waals surface area contributed by atoms with Crippen molar-refractivity contribution < 1.29 is 18.3 Å². The third-order valence-corrected chi connectivity index (χ3v) is 5.16. The third kappa shape index (κ3) is 2.87. The molecule has 1 aromatic heterocycles. The van der Waals surface area contributed by atoms with Crippen LogP contribution in [0.15, 0.2) is 56.1 Å². The van der Waals surface area contributed by atoms with E-state index in [-0.39, 0.29) is 35.5 Å². The number of rotatable bonds is 4. The number of carbonyl (C=O) groups is 1. The fourth-order valence-electron chi connectivity index (χ4n) is 3.43. The van der Waals surface area contributed by atoms with Gasteiger partial charge in [-0.05, 0) is 24.3 Å². The number of amides is 1. The molecule has 1 atom stereocenters. The average molecular weight is 432 g/mol. The summed E-state index contributed by atoms with van der Waals surface area (Å²) >= 11 is 3.34. The van der Waals surface area contributed by atoms with Gasteiger partial charge in [-0.3, -0.25) is 9.59 Å². The van der Waals surface area contributed by atoms with E-state index in [0.717, 1.165) is 0 Å². The molecule has 2 heterocycles. The first-order valence-electron chi connectivity index (χ1n) is 8.33. The number of hydrogen-bond donors (Lipinski definition) is 0. The zero-order valence-electron chi connectivity index (χ0n) is 14.4. The van der Waals surface area contributed by atoms with Crippen LogP contribution in [0, 0.1) is 5.82 Å². The van der Waals surface area contributed by atoms with Crippen LogP contribution in [0.2, 0.25) is 0 Å². The van der Waals surface area contributed by atoms with Crippen LogP contribution in [-0.4, -0.2) is 31.1 Å². The van der Waals surface area contributed by atoms with Crippen LogP contribution >= 0.6 is 15.9 Å². The van der Waals surface area contributed by atoms with E-state index in [1.165, 1.54) is 18.1 Å². The Labute approximate surface area is 162 Å². The molecule has 0 radical (unpaired) electrons. The normalized spacial score (nSPS) is 16.2. The van der Waals surface area contributed by atoms with Gasteiger partial charge in [0, 0.05) is 23.7 Å². The molecule has 1 aliphatic heterocycles. The number of hydrogen-bond acceptors (Lipinski definition) is 4. The van der Waals surface area contributed by atoms with Gasteiger partial charge in [-0.2, -0.15) is 0 Å². The standard InChI is InChI=1S/C20H15BrFNO4/c1-26-9-8-23-17(12-4-2-3-5-14(12)22)16-18(24)13-10-11(21)6-7-15(13)27-19(16)20(23)25/h2-7,10,17H,8-9H2,1H3. The fraction of sp³-hybridized carbons (Fsp3) is 0.200. The minimum atomic E-state index is -0.858. The maximum atomic E-state index is 14.6. The summed E-state index contributed by atoms with van der Waals surface area (Å²) in [5.74, 6) is -0.976. The quantitative estimate of drug-likeness (QED) is 0.628. The van der Waals surface area contributed by atoms with Gasteiger partial charge in [-0.15, -0.1) is 0 Å². The Hall–Kier alpha value is -2.51. The van der Waals surface area contributed by atoms with E-state index in [9.17, 15) is 14.0 Å². The number of halogens is 2. The Morgan fingerprint density at radius 1 is 1.22 bits per heavy atom. The fourth-order valence-corrected chi connectivity index (χ4v) is 3.79. The minimum Gasteiger partial charge on any atom is -0.450 e. The highest BCUT2D eigenvalue weighted by molar-refractivity contribution is 9.10. The Kier molecular flexibility index (Phi) is 4.57. The number of carbonyl (C=O) groups excluding carboxylic acids is 1. The van der Waals surface area contributed by atoms with Crippen molar-refractivity contribution in [3.05, 3.63) is 79.9 Å². The Morgan fingerprint density at radius 3 is 2.74 bits per heavy atom. The van der Waals surface area contributed by atoms with Crippen molar-refractivity contribution >= 4 is 32.8 Å². The summed E-state index contributed by atoms with van der Waals surface area (Å²) in [7, 11) is 1.51. The van der Waals surface area contributed by atoms with Crippen LogP contribution in [-0.2, 0) is 4.74 Å². The molecule has 1 amide bonds. The lowest BCUT2D eigenvalue weighted by molar-refractivity contribution is 0.0661. The molecule has 7 heteroatoms. The first kappa shape index (κ1) is 17.9. The summed E-state index contributed by atoms with van der Waals surface area (Å²) in [4.78, 5) is 27.6. The van der Waals surface area contributed by atoms with Crippen molar-refractivity contribution in [2.75, 3.05) is 20.3 Å². The van der Waals surface area contributed by atoms with Crippen molar-refractivity contribution in [1.29, 1.82) is 0 Å². The molecule has 0 spiro atoms. The molecule has 0 bridgehead atoms. The molecule has 4 rings (SSSR count). The molecule has 138 valence electrons. The van der Waals surface area contributed by atoms with Gasteiger partial charge < -0.3 is 14.1 Å². The molecular formula is C20H15BrFNO4. The smallest absolute Gasteiger partial charge is 0.290 e. The molecule has 5 nitrogen and oxygen atoms in total. The SMILES string of the molecule is COCCN1C(=O)c2oc3ccc(Br)cc3c(=O)c2C1c1ccccc1F. The molecule has 1 unspecified atom stereocenters. The second-order valence-electron chi connectivity index (χ2n) is 6.23. The van der Waals surface area contributed by atoms with E-state index in [1.807, 2.05) is 0 Å². The van der Waals surface area contributed by atoms with Gasteiger partial charge in [-0.25, -0.2) is 4.39 Å². The number of nitrogens with zero attached hydrogens (tertiary/aromatic N) is 1. The second-order valence-corrected chi connectivity index (χ2v) is 7.15. The second kappa shape index (κ2) is 6.90. The van der Waals surface area contributed by atoms with Crippen LogP contribution in [0.4, 0.5) is 4.39 Å². The molecule has 0 N–H and O–H groups in total. The number of ether oxygens (including phenoxy) is 1. The predicted molar refractivity (Wildman–Crippen MR) is 101 cm³/mol. The summed E-state index contributed by atoms with van der Waals surface area (Å²) in [5.41, 5.74) is 0.388. The molecule has 0 fully saturated rings. The van der Waals surface area contributed by atoms with Gasteiger partial charge in [0.1, 0.15) is 11.4 Å². The van der Waals surface area contributed by atoms with Gasteiger partial charge in [0.25, 0.3) is 5.91 Å². The van der Waals surface area contributed by atoms with Gasteiger partial charge in [0.05, 0.1) is 23.6 Å². The lowest BCUT2D eigenvalue weighted by atomic mass is 9.98. The zero-order valence-corrected chi connectivity index (χ0v) is 16.0. The Morgan fingerprint density at radius 2 is 2.00 bits per heavy atom. The maximum Gasteiger partial charge on any atom is 0.290 e. The molecule has 3 aromatic rings. The molecule has 0 aliphatic carbocycles. The summed E-state index contributed by atoms with van der Waals surface area (Å²) in [6.45, 7) is 0.460. The maximum absolute atomic E-state index is 14.6. The first-order valence-corrected chi connectivity index (χ1v) is 9.13. The predicted octanol–water partition coefficient (Wildman–Crippen LogP) is 3.89. The molecule has 0 saturated heterocycles. The lowest BCUT2D eigenvalue weighted by Gasteiger charge is -2.25. The van der Waals surface area contributed by atoms with Crippen LogP contribution < -0.4 is 5.43 Å². The van der Waals surface area contributed by atoms with Crippen molar-refractivity contribution in [2.24, 2.45) is 0 Å². The van der Waals surface area contributed by atoms with Crippen molar-refractivity contribution in [1.82, 2.24) is 4.90 Å². The van der Waals surface area contributed by atoms with E-state index >= 15 is 0 Å². The summed E-state index contributed by atoms with van der Waals surface area (Å²) in [6.07, 6.45) is 0. The van der Waals surface area contributed by atoms with Gasteiger partial charge in [0.15, 0.2) is 5.43 Å². The van der Waals surface area contributed by atoms with E-state index < -0.39 is 17.8 Å². The van der Waals surface area contributed by atoms with Crippen molar-refractivity contribution in [3.63, 3.8) is 0 Å². The molecule has 1 aliphatic rings. The summed E-state index contributed by atoms with van der Waals surface area (Å²) < 4.78 is 26.1.